The molecule has 1 aromatic rings. The third kappa shape index (κ3) is 2.57. The van der Waals surface area contributed by atoms with Crippen LogP contribution in [-0.4, -0.2) is 39.3 Å². The number of rotatable bonds is 4. The Morgan fingerprint density at radius 3 is 2.67 bits per heavy atom. The molecule has 1 aromatic heterocycles. The van der Waals surface area contributed by atoms with Gasteiger partial charge in [-0.1, -0.05) is 0 Å². The van der Waals surface area contributed by atoms with E-state index in [4.69, 9.17) is 10.2 Å². The normalized spacial score (nSPS) is 12.1. The van der Waals surface area contributed by atoms with Crippen molar-refractivity contribution >= 4 is 11.9 Å². The van der Waals surface area contributed by atoms with E-state index in [-0.39, 0.29) is 0 Å². The van der Waals surface area contributed by atoms with Gasteiger partial charge >= 0.3 is 5.97 Å². The lowest BCUT2D eigenvalue weighted by atomic mass is 10.3. The molecule has 0 aromatic carbocycles. The van der Waals surface area contributed by atoms with Gasteiger partial charge in [-0.3, -0.25) is 4.79 Å². The second-order valence-corrected chi connectivity index (χ2v) is 3.05. The number of amides is 1. The van der Waals surface area contributed by atoms with Crippen LogP contribution < -0.4 is 5.32 Å². The molecule has 15 heavy (non-hydrogen) atoms. The van der Waals surface area contributed by atoms with E-state index >= 15 is 0 Å². The van der Waals surface area contributed by atoms with Crippen molar-refractivity contribution in [3.05, 3.63) is 24.0 Å². The van der Waals surface area contributed by atoms with Gasteiger partial charge in [-0.15, -0.1) is 0 Å². The number of aliphatic hydroxyl groups is 1. The Labute approximate surface area is 86.1 Å². The van der Waals surface area contributed by atoms with E-state index in [1.54, 1.807) is 29.9 Å². The SMILES string of the molecule is Cn1cccc1C(=O)N[C@H](CO)C(=O)O. The van der Waals surface area contributed by atoms with Crippen LogP contribution in [-0.2, 0) is 11.8 Å². The zero-order valence-corrected chi connectivity index (χ0v) is 8.17. The van der Waals surface area contributed by atoms with E-state index in [2.05, 4.69) is 5.32 Å². The summed E-state index contributed by atoms with van der Waals surface area (Å²) >= 11 is 0. The molecule has 3 N–H and O–H groups in total. The highest BCUT2D eigenvalue weighted by Gasteiger charge is 2.20. The van der Waals surface area contributed by atoms with Gasteiger partial charge < -0.3 is 20.1 Å². The molecule has 1 amide bonds. The first kappa shape index (κ1) is 11.3. The fourth-order valence-corrected chi connectivity index (χ4v) is 1.11. The van der Waals surface area contributed by atoms with Crippen LogP contribution in [0.1, 0.15) is 10.5 Å². The van der Waals surface area contributed by atoms with Crippen molar-refractivity contribution in [3.63, 3.8) is 0 Å². The van der Waals surface area contributed by atoms with Crippen molar-refractivity contribution < 1.29 is 19.8 Å². The molecule has 0 unspecified atom stereocenters. The molecule has 1 heterocycles. The van der Waals surface area contributed by atoms with Crippen LogP contribution in [0.4, 0.5) is 0 Å². The first-order valence-corrected chi connectivity index (χ1v) is 4.32. The Morgan fingerprint density at radius 1 is 1.60 bits per heavy atom. The molecule has 0 saturated carbocycles. The summed E-state index contributed by atoms with van der Waals surface area (Å²) in [7, 11) is 1.67. The quantitative estimate of drug-likeness (QED) is 0.609. The highest BCUT2D eigenvalue weighted by molar-refractivity contribution is 5.95. The number of aryl methyl sites for hydroxylation is 1. The number of carbonyl (C=O) groups is 2. The lowest BCUT2D eigenvalue weighted by Crippen LogP contribution is -2.43. The van der Waals surface area contributed by atoms with Gasteiger partial charge in [-0.25, -0.2) is 4.79 Å². The average Bonchev–Trinajstić information content (AvgIpc) is 2.60. The van der Waals surface area contributed by atoms with Crippen LogP contribution in [0.3, 0.4) is 0 Å². The summed E-state index contributed by atoms with van der Waals surface area (Å²) in [6.07, 6.45) is 1.67. The van der Waals surface area contributed by atoms with Gasteiger partial charge in [0.2, 0.25) is 0 Å². The summed E-state index contributed by atoms with van der Waals surface area (Å²) in [5.74, 6) is -1.79. The molecule has 0 aliphatic rings. The van der Waals surface area contributed by atoms with Gasteiger partial charge in [-0.05, 0) is 12.1 Å². The van der Waals surface area contributed by atoms with Gasteiger partial charge in [0, 0.05) is 13.2 Å². The van der Waals surface area contributed by atoms with Crippen molar-refractivity contribution in [2.75, 3.05) is 6.61 Å². The Kier molecular flexibility index (Phi) is 3.46. The van der Waals surface area contributed by atoms with Crippen molar-refractivity contribution in [1.82, 2.24) is 9.88 Å². The van der Waals surface area contributed by atoms with Crippen LogP contribution in [0, 0.1) is 0 Å². The van der Waals surface area contributed by atoms with Gasteiger partial charge in [0.25, 0.3) is 5.91 Å². The molecule has 6 nitrogen and oxygen atoms in total. The number of aliphatic hydroxyl groups excluding tert-OH is 1. The molecule has 0 bridgehead atoms. The Morgan fingerprint density at radius 2 is 2.27 bits per heavy atom. The Hall–Kier alpha value is -1.82. The monoisotopic (exact) mass is 212 g/mol. The third-order valence-electron chi connectivity index (χ3n) is 1.96. The molecule has 0 aliphatic carbocycles. The maximum absolute atomic E-state index is 11.5. The molecule has 0 spiro atoms. The van der Waals surface area contributed by atoms with E-state index in [1.807, 2.05) is 0 Å². The number of nitrogens with zero attached hydrogens (tertiary/aromatic N) is 1. The molecule has 0 saturated heterocycles. The number of aliphatic carboxylic acids is 1. The van der Waals surface area contributed by atoms with Crippen molar-refractivity contribution in [3.8, 4) is 0 Å². The fraction of sp³-hybridized carbons (Fsp3) is 0.333. The highest BCUT2D eigenvalue weighted by atomic mass is 16.4. The van der Waals surface area contributed by atoms with Gasteiger partial charge in [0.05, 0.1) is 6.61 Å². The molecular formula is C9H12N2O4. The van der Waals surface area contributed by atoms with Gasteiger partial charge in [0.15, 0.2) is 6.04 Å². The minimum absolute atomic E-state index is 0.342. The van der Waals surface area contributed by atoms with Crippen molar-refractivity contribution in [2.24, 2.45) is 7.05 Å². The highest BCUT2D eigenvalue weighted by Crippen LogP contribution is 1.99. The standard InChI is InChI=1S/C9H12N2O4/c1-11-4-2-3-7(11)8(13)10-6(5-12)9(14)15/h2-4,6,12H,5H2,1H3,(H,10,13)(H,14,15)/t6-/m1/s1. The lowest BCUT2D eigenvalue weighted by Gasteiger charge is -2.11. The minimum Gasteiger partial charge on any atom is -0.480 e. The van der Waals surface area contributed by atoms with Crippen LogP contribution in [0.25, 0.3) is 0 Å². The number of nitrogens with one attached hydrogen (secondary N) is 1. The number of hydrogen-bond donors (Lipinski definition) is 3. The summed E-state index contributed by atoms with van der Waals surface area (Å²) in [5, 5.41) is 19.5. The summed E-state index contributed by atoms with van der Waals surface area (Å²) in [6, 6.07) is 1.96. The molecule has 82 valence electrons. The smallest absolute Gasteiger partial charge is 0.328 e. The third-order valence-corrected chi connectivity index (χ3v) is 1.96. The minimum atomic E-state index is -1.27. The largest absolute Gasteiger partial charge is 0.480 e. The zero-order chi connectivity index (χ0) is 11.4. The Balaban J connectivity index is 2.71. The summed E-state index contributed by atoms with van der Waals surface area (Å²) in [4.78, 5) is 22.0. The second-order valence-electron chi connectivity index (χ2n) is 3.05. The van der Waals surface area contributed by atoms with Crippen LogP contribution in [0.15, 0.2) is 18.3 Å². The molecule has 0 fully saturated rings. The molecule has 0 aliphatic heterocycles. The summed E-state index contributed by atoms with van der Waals surface area (Å²) < 4.78 is 1.56. The number of hydrogen-bond acceptors (Lipinski definition) is 3. The first-order valence-electron chi connectivity index (χ1n) is 4.32. The molecular weight excluding hydrogens is 200 g/mol. The summed E-state index contributed by atoms with van der Waals surface area (Å²) in [5.41, 5.74) is 0.342. The van der Waals surface area contributed by atoms with Gasteiger partial charge in [-0.2, -0.15) is 0 Å². The Bertz CT molecular complexity index is 372. The number of aromatic nitrogens is 1. The predicted molar refractivity (Wildman–Crippen MR) is 51.4 cm³/mol. The van der Waals surface area contributed by atoms with E-state index in [1.165, 1.54) is 0 Å². The van der Waals surface area contributed by atoms with E-state index in [9.17, 15) is 9.59 Å². The summed E-state index contributed by atoms with van der Waals surface area (Å²) in [6.45, 7) is -0.633. The van der Waals surface area contributed by atoms with Crippen molar-refractivity contribution in [2.45, 2.75) is 6.04 Å². The molecule has 6 heteroatoms. The maximum atomic E-state index is 11.5. The molecule has 1 atom stereocenters. The average molecular weight is 212 g/mol. The van der Waals surface area contributed by atoms with Gasteiger partial charge in [0.1, 0.15) is 5.69 Å². The predicted octanol–water partition coefficient (Wildman–Crippen LogP) is -0.800. The number of carboxylic acids is 1. The van der Waals surface area contributed by atoms with E-state index < -0.39 is 24.5 Å². The number of carboxylic acid groups (broad SMARTS) is 1. The molecule has 0 radical (unpaired) electrons. The maximum Gasteiger partial charge on any atom is 0.328 e. The first-order chi connectivity index (χ1) is 7.06. The molecule has 1 rings (SSSR count). The van der Waals surface area contributed by atoms with E-state index in [0.717, 1.165) is 0 Å². The van der Waals surface area contributed by atoms with E-state index in [0.29, 0.717) is 5.69 Å². The van der Waals surface area contributed by atoms with Crippen LogP contribution in [0.2, 0.25) is 0 Å². The zero-order valence-electron chi connectivity index (χ0n) is 8.17. The van der Waals surface area contributed by atoms with Crippen molar-refractivity contribution in [1.29, 1.82) is 0 Å². The lowest BCUT2D eigenvalue weighted by molar-refractivity contribution is -0.140. The van der Waals surface area contributed by atoms with Crippen LogP contribution >= 0.6 is 0 Å². The number of carbonyl (C=O) groups excluding carboxylic acids is 1. The van der Waals surface area contributed by atoms with Crippen LogP contribution in [0.5, 0.6) is 0 Å². The fourth-order valence-electron chi connectivity index (χ4n) is 1.11. The second kappa shape index (κ2) is 4.61. The topological polar surface area (TPSA) is 91.6 Å².